The molecule has 3 N–H and O–H groups in total. The van der Waals surface area contributed by atoms with Gasteiger partial charge in [0.2, 0.25) is 0 Å². The number of hydrogen-bond donors (Lipinski definition) is 3. The van der Waals surface area contributed by atoms with Gasteiger partial charge in [0.1, 0.15) is 0 Å². The number of rotatable bonds is 7. The molecule has 0 heterocycles. The molecule has 108 valence electrons. The smallest absolute Gasteiger partial charge is 0.317 e. The van der Waals surface area contributed by atoms with Crippen molar-refractivity contribution in [2.75, 3.05) is 26.2 Å². The maximum absolute atomic E-state index is 11.9. The number of amides is 2. The minimum atomic E-state index is -0.782. The van der Waals surface area contributed by atoms with Crippen LogP contribution >= 0.6 is 0 Å². The molecule has 1 aliphatic rings. The average molecular weight is 270 g/mol. The van der Waals surface area contributed by atoms with E-state index in [1.165, 1.54) is 4.90 Å². The summed E-state index contributed by atoms with van der Waals surface area (Å²) in [5.74, 6) is -1.14. The standard InChI is InChI=1S/C13H22N2O4/c1-2-6-15(7-8-16)13(19)14-9-10-4-3-5-11(10)12(17)18/h2,10-11,16H,1,3-9H2,(H,14,19)(H,17,18). The Kier molecular flexibility index (Phi) is 6.35. The van der Waals surface area contributed by atoms with Crippen molar-refractivity contribution in [3.05, 3.63) is 12.7 Å². The maximum atomic E-state index is 11.9. The first-order chi connectivity index (χ1) is 9.10. The number of urea groups is 1. The number of aliphatic hydroxyl groups excluding tert-OH is 1. The molecular formula is C13H22N2O4. The van der Waals surface area contributed by atoms with Crippen LogP contribution in [0.15, 0.2) is 12.7 Å². The van der Waals surface area contributed by atoms with E-state index in [-0.39, 0.29) is 31.0 Å². The molecule has 0 saturated heterocycles. The van der Waals surface area contributed by atoms with Crippen LogP contribution < -0.4 is 5.32 Å². The fourth-order valence-corrected chi connectivity index (χ4v) is 2.49. The van der Waals surface area contributed by atoms with Gasteiger partial charge < -0.3 is 20.4 Å². The predicted octanol–water partition coefficient (Wildman–Crippen LogP) is 0.677. The molecule has 1 aliphatic carbocycles. The van der Waals surface area contributed by atoms with Crippen molar-refractivity contribution in [1.29, 1.82) is 0 Å². The Morgan fingerprint density at radius 3 is 2.74 bits per heavy atom. The second kappa shape index (κ2) is 7.78. The van der Waals surface area contributed by atoms with Gasteiger partial charge in [0.25, 0.3) is 0 Å². The summed E-state index contributed by atoms with van der Waals surface area (Å²) in [6.07, 6.45) is 4.00. The zero-order valence-electron chi connectivity index (χ0n) is 11.0. The highest BCUT2D eigenvalue weighted by molar-refractivity contribution is 5.74. The topological polar surface area (TPSA) is 89.9 Å². The molecule has 6 heteroatoms. The van der Waals surface area contributed by atoms with E-state index in [9.17, 15) is 9.59 Å². The molecule has 0 aromatic heterocycles. The van der Waals surface area contributed by atoms with E-state index in [1.54, 1.807) is 6.08 Å². The first-order valence-corrected chi connectivity index (χ1v) is 6.57. The maximum Gasteiger partial charge on any atom is 0.317 e. The fourth-order valence-electron chi connectivity index (χ4n) is 2.49. The summed E-state index contributed by atoms with van der Waals surface area (Å²) >= 11 is 0. The van der Waals surface area contributed by atoms with Crippen molar-refractivity contribution in [1.82, 2.24) is 10.2 Å². The van der Waals surface area contributed by atoms with E-state index < -0.39 is 5.97 Å². The SMILES string of the molecule is C=CCN(CCO)C(=O)NCC1CCCC1C(=O)O. The largest absolute Gasteiger partial charge is 0.481 e. The number of nitrogens with zero attached hydrogens (tertiary/aromatic N) is 1. The van der Waals surface area contributed by atoms with Crippen LogP contribution in [0.4, 0.5) is 4.79 Å². The van der Waals surface area contributed by atoms with Crippen LogP contribution in [0.3, 0.4) is 0 Å². The van der Waals surface area contributed by atoms with Gasteiger partial charge in [0, 0.05) is 19.6 Å². The van der Waals surface area contributed by atoms with Gasteiger partial charge in [-0.1, -0.05) is 12.5 Å². The summed E-state index contributed by atoms with van der Waals surface area (Å²) in [6.45, 7) is 4.42. The van der Waals surface area contributed by atoms with Crippen LogP contribution in [0, 0.1) is 11.8 Å². The monoisotopic (exact) mass is 270 g/mol. The van der Waals surface area contributed by atoms with Crippen LogP contribution in [0.2, 0.25) is 0 Å². The molecule has 0 aromatic carbocycles. The van der Waals surface area contributed by atoms with E-state index in [1.807, 2.05) is 0 Å². The van der Waals surface area contributed by atoms with E-state index in [4.69, 9.17) is 10.2 Å². The third-order valence-corrected chi connectivity index (χ3v) is 3.50. The Morgan fingerprint density at radius 1 is 1.42 bits per heavy atom. The van der Waals surface area contributed by atoms with Gasteiger partial charge in [0.15, 0.2) is 0 Å². The molecule has 2 amide bonds. The highest BCUT2D eigenvalue weighted by Crippen LogP contribution is 2.31. The molecule has 0 bridgehead atoms. The lowest BCUT2D eigenvalue weighted by molar-refractivity contribution is -0.142. The van der Waals surface area contributed by atoms with Gasteiger partial charge >= 0.3 is 12.0 Å². The first-order valence-electron chi connectivity index (χ1n) is 6.57. The van der Waals surface area contributed by atoms with Crippen LogP contribution in [0.25, 0.3) is 0 Å². The van der Waals surface area contributed by atoms with Gasteiger partial charge in [-0.2, -0.15) is 0 Å². The Labute approximate surface area is 113 Å². The summed E-state index contributed by atoms with van der Waals surface area (Å²) in [6, 6.07) is -0.287. The first kappa shape index (κ1) is 15.5. The second-order valence-electron chi connectivity index (χ2n) is 4.78. The molecule has 19 heavy (non-hydrogen) atoms. The highest BCUT2D eigenvalue weighted by atomic mass is 16.4. The lowest BCUT2D eigenvalue weighted by Crippen LogP contribution is -2.44. The van der Waals surface area contributed by atoms with Crippen molar-refractivity contribution < 1.29 is 19.8 Å². The summed E-state index contributed by atoms with van der Waals surface area (Å²) in [4.78, 5) is 24.3. The highest BCUT2D eigenvalue weighted by Gasteiger charge is 2.33. The summed E-state index contributed by atoms with van der Waals surface area (Å²) in [7, 11) is 0. The van der Waals surface area contributed by atoms with Crippen LogP contribution in [0.5, 0.6) is 0 Å². The van der Waals surface area contributed by atoms with Crippen LogP contribution in [0.1, 0.15) is 19.3 Å². The number of carbonyl (C=O) groups excluding carboxylic acids is 1. The molecule has 1 rings (SSSR count). The molecule has 1 saturated carbocycles. The number of hydrogen-bond acceptors (Lipinski definition) is 3. The van der Waals surface area contributed by atoms with Crippen molar-refractivity contribution in [2.45, 2.75) is 19.3 Å². The summed E-state index contributed by atoms with van der Waals surface area (Å²) < 4.78 is 0. The zero-order chi connectivity index (χ0) is 14.3. The quantitative estimate of drug-likeness (QED) is 0.593. The Balaban J connectivity index is 2.43. The molecule has 2 atom stereocenters. The zero-order valence-corrected chi connectivity index (χ0v) is 11.0. The van der Waals surface area contributed by atoms with Gasteiger partial charge in [-0.25, -0.2) is 4.79 Å². The van der Waals surface area contributed by atoms with E-state index in [0.717, 1.165) is 12.8 Å². The van der Waals surface area contributed by atoms with Crippen molar-refractivity contribution in [2.24, 2.45) is 11.8 Å². The minimum Gasteiger partial charge on any atom is -0.481 e. The number of aliphatic carboxylic acids is 1. The second-order valence-corrected chi connectivity index (χ2v) is 4.78. The molecule has 0 aromatic rings. The fraction of sp³-hybridized carbons (Fsp3) is 0.692. The molecule has 2 unspecified atom stereocenters. The van der Waals surface area contributed by atoms with E-state index >= 15 is 0 Å². The molecule has 1 fully saturated rings. The van der Waals surface area contributed by atoms with E-state index in [0.29, 0.717) is 19.5 Å². The van der Waals surface area contributed by atoms with E-state index in [2.05, 4.69) is 11.9 Å². The van der Waals surface area contributed by atoms with Crippen molar-refractivity contribution >= 4 is 12.0 Å². The molecule has 0 radical (unpaired) electrons. The lowest BCUT2D eigenvalue weighted by Gasteiger charge is -2.23. The average Bonchev–Trinajstić information content (AvgIpc) is 2.84. The van der Waals surface area contributed by atoms with Gasteiger partial charge in [0.05, 0.1) is 12.5 Å². The Bertz CT molecular complexity index is 333. The number of aliphatic hydroxyl groups is 1. The summed E-state index contributed by atoms with van der Waals surface area (Å²) in [5.41, 5.74) is 0. The molecule has 0 spiro atoms. The lowest BCUT2D eigenvalue weighted by atomic mass is 9.96. The summed E-state index contributed by atoms with van der Waals surface area (Å²) in [5, 5.41) is 20.7. The molecule has 0 aliphatic heterocycles. The van der Waals surface area contributed by atoms with Crippen LogP contribution in [-0.4, -0.2) is 53.4 Å². The number of carbonyl (C=O) groups is 2. The van der Waals surface area contributed by atoms with Gasteiger partial charge in [-0.05, 0) is 18.8 Å². The Morgan fingerprint density at radius 2 is 2.16 bits per heavy atom. The minimum absolute atomic E-state index is 0.00107. The van der Waals surface area contributed by atoms with Crippen molar-refractivity contribution in [3.63, 3.8) is 0 Å². The molecular weight excluding hydrogens is 248 g/mol. The van der Waals surface area contributed by atoms with Gasteiger partial charge in [-0.15, -0.1) is 6.58 Å². The third-order valence-electron chi connectivity index (χ3n) is 3.50. The van der Waals surface area contributed by atoms with Crippen LogP contribution in [-0.2, 0) is 4.79 Å². The van der Waals surface area contributed by atoms with Crippen molar-refractivity contribution in [3.8, 4) is 0 Å². The Hall–Kier alpha value is -1.56. The number of nitrogens with one attached hydrogen (secondary N) is 1. The normalized spacial score (nSPS) is 21.9. The molecule has 6 nitrogen and oxygen atoms in total. The third kappa shape index (κ3) is 4.55. The van der Waals surface area contributed by atoms with Gasteiger partial charge in [-0.3, -0.25) is 4.79 Å². The predicted molar refractivity (Wildman–Crippen MR) is 70.7 cm³/mol. The number of carboxylic acid groups (broad SMARTS) is 1. The number of carboxylic acids is 1.